The van der Waals surface area contributed by atoms with Crippen molar-refractivity contribution in [2.24, 2.45) is 0 Å². The van der Waals surface area contributed by atoms with Crippen molar-refractivity contribution in [3.05, 3.63) is 65.7 Å². The maximum Gasteiger partial charge on any atom is 0.243 e. The number of carbonyl (C=O) groups is 2. The number of aliphatic hydroxyl groups excluding tert-OH is 1. The standard InChI is InChI=1S/C23H30N2O4/c1-3-7-22(27)25(17-19-10-12-20(29-2)13-11-19)21(23(28)24-14-15-26)16-18-8-5-4-6-9-18/h4-6,8-13,21,26H,3,7,14-17H2,1-2H3,(H,24,28). The number of carbonyl (C=O) groups excluding carboxylic acids is 2. The molecule has 2 aromatic carbocycles. The Balaban J connectivity index is 2.32. The number of nitrogens with zero attached hydrogens (tertiary/aromatic N) is 1. The monoisotopic (exact) mass is 398 g/mol. The number of methoxy groups -OCH3 is 1. The molecule has 0 fully saturated rings. The summed E-state index contributed by atoms with van der Waals surface area (Å²) in [4.78, 5) is 27.5. The van der Waals surface area contributed by atoms with Crippen LogP contribution < -0.4 is 10.1 Å². The van der Waals surface area contributed by atoms with Crippen LogP contribution in [0.4, 0.5) is 0 Å². The quantitative estimate of drug-likeness (QED) is 0.610. The first-order chi connectivity index (χ1) is 14.1. The van der Waals surface area contributed by atoms with Gasteiger partial charge in [-0.2, -0.15) is 0 Å². The van der Waals surface area contributed by atoms with Crippen LogP contribution in [0.5, 0.6) is 5.75 Å². The highest BCUT2D eigenvalue weighted by atomic mass is 16.5. The highest BCUT2D eigenvalue weighted by molar-refractivity contribution is 5.88. The van der Waals surface area contributed by atoms with Gasteiger partial charge in [-0.05, 0) is 29.7 Å². The van der Waals surface area contributed by atoms with E-state index in [9.17, 15) is 9.59 Å². The molecule has 0 spiro atoms. The summed E-state index contributed by atoms with van der Waals surface area (Å²) in [5.74, 6) is 0.408. The molecule has 0 aliphatic heterocycles. The average Bonchev–Trinajstić information content (AvgIpc) is 2.75. The number of nitrogens with one attached hydrogen (secondary N) is 1. The molecule has 6 nitrogen and oxygen atoms in total. The van der Waals surface area contributed by atoms with E-state index in [1.54, 1.807) is 12.0 Å². The van der Waals surface area contributed by atoms with Crippen LogP contribution in [0.15, 0.2) is 54.6 Å². The topological polar surface area (TPSA) is 78.9 Å². The van der Waals surface area contributed by atoms with Crippen molar-refractivity contribution >= 4 is 11.8 Å². The third-order valence-electron chi connectivity index (χ3n) is 4.66. The van der Waals surface area contributed by atoms with Crippen molar-refractivity contribution in [1.29, 1.82) is 0 Å². The van der Waals surface area contributed by atoms with Crippen molar-refractivity contribution in [1.82, 2.24) is 10.2 Å². The molecule has 6 heteroatoms. The molecule has 2 amide bonds. The maximum atomic E-state index is 13.0. The van der Waals surface area contributed by atoms with Crippen LogP contribution in [0.25, 0.3) is 0 Å². The maximum absolute atomic E-state index is 13.0. The van der Waals surface area contributed by atoms with E-state index in [1.807, 2.05) is 61.5 Å². The molecule has 2 rings (SSSR count). The lowest BCUT2D eigenvalue weighted by molar-refractivity contribution is -0.141. The molecular weight excluding hydrogens is 368 g/mol. The van der Waals surface area contributed by atoms with E-state index in [4.69, 9.17) is 9.84 Å². The molecule has 29 heavy (non-hydrogen) atoms. The van der Waals surface area contributed by atoms with Gasteiger partial charge in [-0.3, -0.25) is 9.59 Å². The summed E-state index contributed by atoms with van der Waals surface area (Å²) < 4.78 is 5.20. The van der Waals surface area contributed by atoms with Gasteiger partial charge < -0.3 is 20.1 Å². The van der Waals surface area contributed by atoms with E-state index in [0.29, 0.717) is 25.8 Å². The smallest absolute Gasteiger partial charge is 0.243 e. The predicted octanol–water partition coefficient (Wildman–Crippen LogP) is 2.54. The van der Waals surface area contributed by atoms with E-state index in [1.165, 1.54) is 0 Å². The lowest BCUT2D eigenvalue weighted by Crippen LogP contribution is -2.50. The molecule has 0 aliphatic carbocycles. The molecule has 0 aliphatic rings. The van der Waals surface area contributed by atoms with Crippen LogP contribution in [0, 0.1) is 0 Å². The van der Waals surface area contributed by atoms with Gasteiger partial charge in [0.15, 0.2) is 0 Å². The van der Waals surface area contributed by atoms with E-state index in [2.05, 4.69) is 5.32 Å². The first kappa shape index (κ1) is 22.4. The summed E-state index contributed by atoms with van der Waals surface area (Å²) in [7, 11) is 1.60. The number of aliphatic hydroxyl groups is 1. The second-order valence-electron chi connectivity index (χ2n) is 6.84. The summed E-state index contributed by atoms with van der Waals surface area (Å²) in [6.45, 7) is 2.28. The fourth-order valence-corrected chi connectivity index (χ4v) is 3.14. The van der Waals surface area contributed by atoms with Crippen LogP contribution in [0.3, 0.4) is 0 Å². The fourth-order valence-electron chi connectivity index (χ4n) is 3.14. The normalized spacial score (nSPS) is 11.6. The minimum absolute atomic E-state index is 0.0663. The molecule has 0 bridgehead atoms. The number of ether oxygens (including phenoxy) is 1. The number of hydrogen-bond donors (Lipinski definition) is 2. The van der Waals surface area contributed by atoms with Crippen molar-refractivity contribution in [3.63, 3.8) is 0 Å². The minimum atomic E-state index is -0.662. The number of hydrogen-bond acceptors (Lipinski definition) is 4. The average molecular weight is 399 g/mol. The number of rotatable bonds is 11. The van der Waals surface area contributed by atoms with Crippen molar-refractivity contribution in [2.75, 3.05) is 20.3 Å². The van der Waals surface area contributed by atoms with Gasteiger partial charge in [0.25, 0.3) is 0 Å². The van der Waals surface area contributed by atoms with Gasteiger partial charge in [-0.1, -0.05) is 49.4 Å². The lowest BCUT2D eigenvalue weighted by Gasteiger charge is -2.31. The molecule has 0 saturated heterocycles. The lowest BCUT2D eigenvalue weighted by atomic mass is 10.0. The molecule has 0 saturated carbocycles. The Bertz CT molecular complexity index is 762. The Morgan fingerprint density at radius 1 is 1.07 bits per heavy atom. The zero-order chi connectivity index (χ0) is 21.1. The van der Waals surface area contributed by atoms with E-state index in [0.717, 1.165) is 16.9 Å². The third kappa shape index (κ3) is 6.91. The predicted molar refractivity (Wildman–Crippen MR) is 112 cm³/mol. The van der Waals surface area contributed by atoms with Crippen LogP contribution in [0.1, 0.15) is 30.9 Å². The Hall–Kier alpha value is -2.86. The van der Waals surface area contributed by atoms with Gasteiger partial charge in [-0.25, -0.2) is 0 Å². The van der Waals surface area contributed by atoms with Crippen LogP contribution in [-0.4, -0.2) is 48.1 Å². The van der Waals surface area contributed by atoms with E-state index >= 15 is 0 Å². The minimum Gasteiger partial charge on any atom is -0.497 e. The SMILES string of the molecule is CCCC(=O)N(Cc1ccc(OC)cc1)C(Cc1ccccc1)C(=O)NCCO. The largest absolute Gasteiger partial charge is 0.497 e. The third-order valence-corrected chi connectivity index (χ3v) is 4.66. The van der Waals surface area contributed by atoms with Crippen molar-refractivity contribution in [3.8, 4) is 5.75 Å². The summed E-state index contributed by atoms with van der Waals surface area (Å²) in [6, 6.07) is 16.5. The zero-order valence-corrected chi connectivity index (χ0v) is 17.1. The molecule has 2 N–H and O–H groups in total. The Morgan fingerprint density at radius 2 is 1.76 bits per heavy atom. The Kier molecular flexibility index (Phi) is 9.18. The van der Waals surface area contributed by atoms with Gasteiger partial charge in [-0.15, -0.1) is 0 Å². The number of amides is 2. The zero-order valence-electron chi connectivity index (χ0n) is 17.1. The van der Waals surface area contributed by atoms with Gasteiger partial charge in [0.05, 0.1) is 13.7 Å². The van der Waals surface area contributed by atoms with Crippen LogP contribution in [-0.2, 0) is 22.6 Å². The molecule has 156 valence electrons. The Morgan fingerprint density at radius 3 is 2.34 bits per heavy atom. The molecule has 0 aromatic heterocycles. The van der Waals surface area contributed by atoms with E-state index < -0.39 is 6.04 Å². The highest BCUT2D eigenvalue weighted by Gasteiger charge is 2.29. The van der Waals surface area contributed by atoms with E-state index in [-0.39, 0.29) is 25.0 Å². The number of benzene rings is 2. The molecule has 2 aromatic rings. The molecule has 0 radical (unpaired) electrons. The molecule has 0 heterocycles. The van der Waals surface area contributed by atoms with Crippen molar-refractivity contribution < 1.29 is 19.4 Å². The van der Waals surface area contributed by atoms with Crippen molar-refractivity contribution in [2.45, 2.75) is 38.8 Å². The fraction of sp³-hybridized carbons (Fsp3) is 0.391. The summed E-state index contributed by atoms with van der Waals surface area (Å²) in [5, 5.41) is 11.8. The molecular formula is C23H30N2O4. The molecule has 1 unspecified atom stereocenters. The van der Waals surface area contributed by atoms with Gasteiger partial charge in [0.1, 0.15) is 11.8 Å². The summed E-state index contributed by atoms with van der Waals surface area (Å²) >= 11 is 0. The Labute approximate surface area is 172 Å². The van der Waals surface area contributed by atoms with Gasteiger partial charge in [0, 0.05) is 25.9 Å². The van der Waals surface area contributed by atoms with Gasteiger partial charge in [0.2, 0.25) is 11.8 Å². The van der Waals surface area contributed by atoms with Gasteiger partial charge >= 0.3 is 0 Å². The summed E-state index contributed by atoms with van der Waals surface area (Å²) in [5.41, 5.74) is 1.89. The summed E-state index contributed by atoms with van der Waals surface area (Å²) in [6.07, 6.45) is 1.48. The second-order valence-corrected chi connectivity index (χ2v) is 6.84. The molecule has 1 atom stereocenters. The highest BCUT2D eigenvalue weighted by Crippen LogP contribution is 2.18. The first-order valence-corrected chi connectivity index (χ1v) is 9.94. The van der Waals surface area contributed by atoms with Crippen LogP contribution in [0.2, 0.25) is 0 Å². The first-order valence-electron chi connectivity index (χ1n) is 9.94. The second kappa shape index (κ2) is 11.9. The van der Waals surface area contributed by atoms with Crippen LogP contribution >= 0.6 is 0 Å².